The topological polar surface area (TPSA) is 27.7 Å². The van der Waals surface area contributed by atoms with Gasteiger partial charge in [-0.3, -0.25) is 0 Å². The molecule has 4 heteroatoms. The van der Waals surface area contributed by atoms with Crippen LogP contribution in [0.4, 0.5) is 0 Å². The van der Waals surface area contributed by atoms with Crippen LogP contribution in [0.5, 0.6) is 5.75 Å². The van der Waals surface area contributed by atoms with Crippen LogP contribution in [-0.2, 0) is 9.47 Å². The molecule has 0 aromatic heterocycles. The number of benzene rings is 2. The minimum atomic E-state index is -0.412. The molecule has 1 heterocycles. The number of halogens is 1. The average molecular weight is 279 g/mol. The molecule has 3 nitrogen and oxygen atoms in total. The van der Waals surface area contributed by atoms with Gasteiger partial charge in [0.05, 0.1) is 31.3 Å². The summed E-state index contributed by atoms with van der Waals surface area (Å²) in [5.41, 5.74) is 0.938. The Kier molecular flexibility index (Phi) is 3.60. The molecule has 19 heavy (non-hydrogen) atoms. The van der Waals surface area contributed by atoms with Gasteiger partial charge in [0.2, 0.25) is 0 Å². The van der Waals surface area contributed by atoms with Gasteiger partial charge in [0.25, 0.3) is 0 Å². The molecule has 1 aliphatic heterocycles. The molecule has 2 unspecified atom stereocenters. The van der Waals surface area contributed by atoms with E-state index in [2.05, 4.69) is 6.07 Å². The Balaban J connectivity index is 2.10. The van der Waals surface area contributed by atoms with Crippen LogP contribution in [-0.4, -0.2) is 25.7 Å². The van der Waals surface area contributed by atoms with Gasteiger partial charge in [0.1, 0.15) is 5.75 Å². The van der Waals surface area contributed by atoms with Crippen LogP contribution in [0.1, 0.15) is 11.9 Å². The predicted octanol–water partition coefficient (Wildman–Crippen LogP) is 3.50. The molecule has 2 atom stereocenters. The Hall–Kier alpha value is -1.29. The van der Waals surface area contributed by atoms with Crippen LogP contribution < -0.4 is 4.74 Å². The first-order chi connectivity index (χ1) is 9.33. The Labute approximate surface area is 117 Å². The van der Waals surface area contributed by atoms with Crippen molar-refractivity contribution in [3.05, 3.63) is 42.0 Å². The summed E-state index contributed by atoms with van der Waals surface area (Å²) in [5, 5.41) is 2.22. The highest BCUT2D eigenvalue weighted by Gasteiger charge is 2.30. The first-order valence-electron chi connectivity index (χ1n) is 6.22. The molecular formula is C15H15ClO3. The number of alkyl halides is 1. The number of rotatable bonds is 3. The van der Waals surface area contributed by atoms with Crippen molar-refractivity contribution in [2.75, 3.05) is 19.6 Å². The largest absolute Gasteiger partial charge is 0.496 e. The lowest BCUT2D eigenvalue weighted by Crippen LogP contribution is -2.11. The van der Waals surface area contributed by atoms with Gasteiger partial charge < -0.3 is 14.2 Å². The lowest BCUT2D eigenvalue weighted by atomic mass is 10.0. The molecule has 1 fully saturated rings. The maximum absolute atomic E-state index is 5.82. The highest BCUT2D eigenvalue weighted by Crippen LogP contribution is 2.38. The number of ether oxygens (including phenoxy) is 3. The van der Waals surface area contributed by atoms with Gasteiger partial charge in [0.15, 0.2) is 6.29 Å². The second-order valence-electron chi connectivity index (χ2n) is 4.48. The highest BCUT2D eigenvalue weighted by atomic mass is 35.5. The summed E-state index contributed by atoms with van der Waals surface area (Å²) in [7, 11) is 1.65. The smallest absolute Gasteiger partial charge is 0.188 e. The van der Waals surface area contributed by atoms with Crippen molar-refractivity contribution in [2.24, 2.45) is 0 Å². The van der Waals surface area contributed by atoms with E-state index in [4.69, 9.17) is 25.8 Å². The van der Waals surface area contributed by atoms with Crippen LogP contribution in [0.2, 0.25) is 0 Å². The number of fused-ring (bicyclic) bond motifs is 1. The van der Waals surface area contributed by atoms with Crippen LogP contribution in [0.15, 0.2) is 36.4 Å². The maximum atomic E-state index is 5.82. The molecule has 2 aromatic rings. The van der Waals surface area contributed by atoms with Crippen molar-refractivity contribution in [3.63, 3.8) is 0 Å². The normalized spacial score (nSPS) is 22.8. The third-order valence-corrected chi connectivity index (χ3v) is 3.65. The summed E-state index contributed by atoms with van der Waals surface area (Å²) in [4.78, 5) is 0. The van der Waals surface area contributed by atoms with E-state index in [9.17, 15) is 0 Å². The molecule has 100 valence electrons. The standard InChI is InChI=1S/C15H15ClO3/c1-17-13-7-6-10-4-2-3-5-12(10)14(13)15-18-9-11(8-16)19-15/h2-7,11,15H,8-9H2,1H3. The predicted molar refractivity (Wildman–Crippen MR) is 74.8 cm³/mol. The third-order valence-electron chi connectivity index (χ3n) is 3.31. The van der Waals surface area contributed by atoms with Crippen LogP contribution in [0.25, 0.3) is 10.8 Å². The minimum absolute atomic E-state index is 0.0599. The van der Waals surface area contributed by atoms with Crippen molar-refractivity contribution < 1.29 is 14.2 Å². The summed E-state index contributed by atoms with van der Waals surface area (Å²) in [5.74, 6) is 1.21. The average Bonchev–Trinajstić information content (AvgIpc) is 2.94. The van der Waals surface area contributed by atoms with Crippen molar-refractivity contribution in [1.29, 1.82) is 0 Å². The van der Waals surface area contributed by atoms with Crippen LogP contribution in [0, 0.1) is 0 Å². The van der Waals surface area contributed by atoms with Gasteiger partial charge in [-0.1, -0.05) is 30.3 Å². The van der Waals surface area contributed by atoms with Crippen molar-refractivity contribution in [2.45, 2.75) is 12.4 Å². The monoisotopic (exact) mass is 278 g/mol. The quantitative estimate of drug-likeness (QED) is 0.804. The molecule has 0 bridgehead atoms. The lowest BCUT2D eigenvalue weighted by molar-refractivity contribution is -0.0568. The van der Waals surface area contributed by atoms with Crippen LogP contribution >= 0.6 is 11.6 Å². The van der Waals surface area contributed by atoms with Gasteiger partial charge in [0, 0.05) is 0 Å². The fraction of sp³-hybridized carbons (Fsp3) is 0.333. The second kappa shape index (κ2) is 5.37. The van der Waals surface area contributed by atoms with Crippen LogP contribution in [0.3, 0.4) is 0 Å². The zero-order valence-electron chi connectivity index (χ0n) is 10.6. The summed E-state index contributed by atoms with van der Waals surface area (Å²) in [6.07, 6.45) is -0.472. The molecule has 3 rings (SSSR count). The lowest BCUT2D eigenvalue weighted by Gasteiger charge is -2.17. The van der Waals surface area contributed by atoms with Crippen molar-refractivity contribution in [1.82, 2.24) is 0 Å². The van der Waals surface area contributed by atoms with E-state index in [1.807, 2.05) is 30.3 Å². The van der Waals surface area contributed by atoms with Crippen molar-refractivity contribution >= 4 is 22.4 Å². The van der Waals surface area contributed by atoms with E-state index in [0.717, 1.165) is 22.1 Å². The zero-order chi connectivity index (χ0) is 13.2. The summed E-state index contributed by atoms with van der Waals surface area (Å²) in [6.45, 7) is 0.514. The molecule has 0 aliphatic carbocycles. The Bertz CT molecular complexity index is 585. The molecule has 0 spiro atoms. The fourth-order valence-electron chi connectivity index (χ4n) is 2.38. The van der Waals surface area contributed by atoms with E-state index in [1.165, 1.54) is 0 Å². The Morgan fingerprint density at radius 2 is 2.11 bits per heavy atom. The summed E-state index contributed by atoms with van der Waals surface area (Å²) in [6, 6.07) is 12.1. The molecule has 0 amide bonds. The SMILES string of the molecule is COc1ccc2ccccc2c1C1OCC(CCl)O1. The number of hydrogen-bond donors (Lipinski definition) is 0. The highest BCUT2D eigenvalue weighted by molar-refractivity contribution is 6.18. The van der Waals surface area contributed by atoms with Gasteiger partial charge in [-0.25, -0.2) is 0 Å². The summed E-state index contributed by atoms with van der Waals surface area (Å²) >= 11 is 5.82. The minimum Gasteiger partial charge on any atom is -0.496 e. The molecule has 0 radical (unpaired) electrons. The third kappa shape index (κ3) is 2.29. The molecule has 1 saturated heterocycles. The van der Waals surface area contributed by atoms with Gasteiger partial charge in [-0.2, -0.15) is 0 Å². The van der Waals surface area contributed by atoms with Gasteiger partial charge >= 0.3 is 0 Å². The number of methoxy groups -OCH3 is 1. The number of hydrogen-bond acceptors (Lipinski definition) is 3. The maximum Gasteiger partial charge on any atom is 0.188 e. The van der Waals surface area contributed by atoms with E-state index >= 15 is 0 Å². The first kappa shape index (κ1) is 12.7. The molecule has 0 saturated carbocycles. The first-order valence-corrected chi connectivity index (χ1v) is 6.75. The Morgan fingerprint density at radius 1 is 1.26 bits per heavy atom. The van der Waals surface area contributed by atoms with Gasteiger partial charge in [-0.05, 0) is 16.8 Å². The second-order valence-corrected chi connectivity index (χ2v) is 4.79. The molecule has 0 N–H and O–H groups in total. The fourth-order valence-corrected chi connectivity index (χ4v) is 2.54. The molecule has 2 aromatic carbocycles. The van der Waals surface area contributed by atoms with Gasteiger partial charge in [-0.15, -0.1) is 11.6 Å². The zero-order valence-corrected chi connectivity index (χ0v) is 11.4. The van der Waals surface area contributed by atoms with E-state index in [0.29, 0.717) is 12.5 Å². The summed E-state index contributed by atoms with van der Waals surface area (Å²) < 4.78 is 17.0. The van der Waals surface area contributed by atoms with E-state index < -0.39 is 6.29 Å². The molecular weight excluding hydrogens is 264 g/mol. The van der Waals surface area contributed by atoms with E-state index in [1.54, 1.807) is 7.11 Å². The van der Waals surface area contributed by atoms with Crippen molar-refractivity contribution in [3.8, 4) is 5.75 Å². The van der Waals surface area contributed by atoms with E-state index in [-0.39, 0.29) is 6.10 Å². The molecule has 1 aliphatic rings. The Morgan fingerprint density at radius 3 is 2.84 bits per heavy atom.